The van der Waals surface area contributed by atoms with E-state index in [0.29, 0.717) is 30.4 Å². The third kappa shape index (κ3) is 4.45. The molecule has 0 unspecified atom stereocenters. The Bertz CT molecular complexity index is 776. The van der Waals surface area contributed by atoms with Crippen molar-refractivity contribution in [3.8, 4) is 11.5 Å². The number of aromatic nitrogens is 1. The molecule has 2 aliphatic heterocycles. The van der Waals surface area contributed by atoms with E-state index in [1.54, 1.807) is 0 Å². The van der Waals surface area contributed by atoms with E-state index in [1.165, 1.54) is 25.9 Å². The molecule has 0 aliphatic carbocycles. The van der Waals surface area contributed by atoms with Crippen molar-refractivity contribution in [2.24, 2.45) is 0 Å². The molecule has 0 atom stereocenters. The Kier molecular flexibility index (Phi) is 6.07. The van der Waals surface area contributed by atoms with Crippen LogP contribution in [0.15, 0.2) is 34.7 Å². The standard InChI is InChI=1S/C22H29N3O3/c1-17-20(28-21(23-17)18-7-3-2-4-8-18)22(26)25-13-9-19(10-14-25)27-16-15-24-11-5-6-12-24/h2-4,7-8,19H,5-6,9-16H2,1H3. The molecule has 0 spiro atoms. The van der Waals surface area contributed by atoms with Crippen LogP contribution in [-0.2, 0) is 4.74 Å². The van der Waals surface area contributed by atoms with Crippen molar-refractivity contribution >= 4 is 5.91 Å². The lowest BCUT2D eigenvalue weighted by molar-refractivity contribution is 0.00142. The van der Waals surface area contributed by atoms with Gasteiger partial charge in [-0.1, -0.05) is 18.2 Å². The van der Waals surface area contributed by atoms with Gasteiger partial charge in [-0.25, -0.2) is 4.98 Å². The van der Waals surface area contributed by atoms with E-state index in [0.717, 1.165) is 31.6 Å². The van der Waals surface area contributed by atoms with E-state index in [9.17, 15) is 4.79 Å². The fourth-order valence-electron chi connectivity index (χ4n) is 4.02. The number of benzene rings is 1. The molecule has 2 aliphatic rings. The third-order valence-electron chi connectivity index (χ3n) is 5.70. The Labute approximate surface area is 166 Å². The molecule has 6 heteroatoms. The van der Waals surface area contributed by atoms with E-state index >= 15 is 0 Å². The zero-order valence-electron chi connectivity index (χ0n) is 16.6. The topological polar surface area (TPSA) is 58.8 Å². The molecule has 0 N–H and O–H groups in total. The predicted molar refractivity (Wildman–Crippen MR) is 107 cm³/mol. The first-order chi connectivity index (χ1) is 13.7. The van der Waals surface area contributed by atoms with Gasteiger partial charge in [-0.3, -0.25) is 4.79 Å². The molecule has 1 aromatic carbocycles. The Morgan fingerprint density at radius 1 is 1.14 bits per heavy atom. The second-order valence-electron chi connectivity index (χ2n) is 7.71. The van der Waals surface area contributed by atoms with Crippen LogP contribution in [0.25, 0.3) is 11.5 Å². The number of hydrogen-bond donors (Lipinski definition) is 0. The first-order valence-electron chi connectivity index (χ1n) is 10.4. The summed E-state index contributed by atoms with van der Waals surface area (Å²) in [5, 5.41) is 0. The highest BCUT2D eigenvalue weighted by molar-refractivity contribution is 5.93. The van der Waals surface area contributed by atoms with Gasteiger partial charge in [-0.2, -0.15) is 0 Å². The summed E-state index contributed by atoms with van der Waals surface area (Å²) in [7, 11) is 0. The van der Waals surface area contributed by atoms with Crippen LogP contribution in [-0.4, -0.2) is 66.1 Å². The van der Waals surface area contributed by atoms with Crippen molar-refractivity contribution < 1.29 is 13.9 Å². The van der Waals surface area contributed by atoms with Crippen molar-refractivity contribution in [2.75, 3.05) is 39.3 Å². The number of amides is 1. The number of carbonyl (C=O) groups is 1. The minimum Gasteiger partial charge on any atom is -0.431 e. The number of rotatable bonds is 6. The summed E-state index contributed by atoms with van der Waals surface area (Å²) in [5.74, 6) is 0.788. The number of oxazole rings is 1. The molecule has 150 valence electrons. The van der Waals surface area contributed by atoms with Crippen molar-refractivity contribution in [1.29, 1.82) is 0 Å². The molecule has 2 fully saturated rings. The molecule has 2 aromatic rings. The quantitative estimate of drug-likeness (QED) is 0.765. The molecular formula is C22H29N3O3. The molecule has 3 heterocycles. The van der Waals surface area contributed by atoms with Gasteiger partial charge in [0.05, 0.1) is 18.4 Å². The largest absolute Gasteiger partial charge is 0.431 e. The fourth-order valence-corrected chi connectivity index (χ4v) is 4.02. The van der Waals surface area contributed by atoms with Crippen molar-refractivity contribution in [3.05, 3.63) is 41.8 Å². The predicted octanol–water partition coefficient (Wildman–Crippen LogP) is 3.37. The maximum atomic E-state index is 12.9. The maximum absolute atomic E-state index is 12.9. The van der Waals surface area contributed by atoms with Gasteiger partial charge in [0.15, 0.2) is 0 Å². The maximum Gasteiger partial charge on any atom is 0.291 e. The van der Waals surface area contributed by atoms with Gasteiger partial charge in [-0.15, -0.1) is 0 Å². The number of likely N-dealkylation sites (tertiary alicyclic amines) is 2. The zero-order chi connectivity index (χ0) is 19.3. The summed E-state index contributed by atoms with van der Waals surface area (Å²) in [5.41, 5.74) is 1.53. The normalized spacial score (nSPS) is 18.7. The summed E-state index contributed by atoms with van der Waals surface area (Å²) < 4.78 is 11.9. The van der Waals surface area contributed by atoms with Crippen LogP contribution in [0.2, 0.25) is 0 Å². The molecule has 0 saturated carbocycles. The van der Waals surface area contributed by atoms with E-state index in [-0.39, 0.29) is 12.0 Å². The van der Waals surface area contributed by atoms with Crippen molar-refractivity contribution in [3.63, 3.8) is 0 Å². The minimum absolute atomic E-state index is 0.0669. The number of hydrogen-bond acceptors (Lipinski definition) is 5. The molecule has 28 heavy (non-hydrogen) atoms. The Hall–Kier alpha value is -2.18. The molecule has 0 bridgehead atoms. The summed E-state index contributed by atoms with van der Waals surface area (Å²) in [6.07, 6.45) is 4.64. The molecule has 0 radical (unpaired) electrons. The summed E-state index contributed by atoms with van der Waals surface area (Å²) in [4.78, 5) is 21.7. The number of carbonyl (C=O) groups excluding carboxylic acids is 1. The SMILES string of the molecule is Cc1nc(-c2ccccc2)oc1C(=O)N1CCC(OCCN2CCCC2)CC1. The second-order valence-corrected chi connectivity index (χ2v) is 7.71. The van der Waals surface area contributed by atoms with Crippen LogP contribution >= 0.6 is 0 Å². The number of nitrogens with zero attached hydrogens (tertiary/aromatic N) is 3. The van der Waals surface area contributed by atoms with E-state index in [2.05, 4.69) is 9.88 Å². The number of aryl methyl sites for hydroxylation is 1. The molecular weight excluding hydrogens is 354 g/mol. The molecule has 6 nitrogen and oxygen atoms in total. The highest BCUT2D eigenvalue weighted by atomic mass is 16.5. The van der Waals surface area contributed by atoms with Gasteiger partial charge in [0.1, 0.15) is 0 Å². The lowest BCUT2D eigenvalue weighted by Crippen LogP contribution is -2.41. The lowest BCUT2D eigenvalue weighted by Gasteiger charge is -2.31. The Balaban J connectivity index is 1.28. The van der Waals surface area contributed by atoms with Crippen LogP contribution in [0, 0.1) is 6.92 Å². The van der Waals surface area contributed by atoms with Crippen LogP contribution in [0.1, 0.15) is 41.9 Å². The van der Waals surface area contributed by atoms with E-state index in [1.807, 2.05) is 42.2 Å². The molecule has 1 amide bonds. The van der Waals surface area contributed by atoms with E-state index < -0.39 is 0 Å². The fraction of sp³-hybridized carbons (Fsp3) is 0.545. The molecule has 2 saturated heterocycles. The minimum atomic E-state index is -0.0669. The summed E-state index contributed by atoms with van der Waals surface area (Å²) in [6.45, 7) is 7.47. The van der Waals surface area contributed by atoms with Gasteiger partial charge in [0, 0.05) is 25.2 Å². The van der Waals surface area contributed by atoms with Gasteiger partial charge in [-0.05, 0) is 57.8 Å². The van der Waals surface area contributed by atoms with Gasteiger partial charge < -0.3 is 19.0 Å². The second kappa shape index (κ2) is 8.88. The average molecular weight is 383 g/mol. The van der Waals surface area contributed by atoms with Crippen LogP contribution < -0.4 is 0 Å². The monoisotopic (exact) mass is 383 g/mol. The first kappa shape index (κ1) is 19.2. The Morgan fingerprint density at radius 3 is 2.57 bits per heavy atom. The molecule has 1 aromatic heterocycles. The number of ether oxygens (including phenoxy) is 1. The lowest BCUT2D eigenvalue weighted by atomic mass is 10.1. The van der Waals surface area contributed by atoms with Crippen LogP contribution in [0.4, 0.5) is 0 Å². The van der Waals surface area contributed by atoms with Crippen LogP contribution in [0.5, 0.6) is 0 Å². The molecule has 4 rings (SSSR count). The van der Waals surface area contributed by atoms with Crippen molar-refractivity contribution in [1.82, 2.24) is 14.8 Å². The summed E-state index contributed by atoms with van der Waals surface area (Å²) >= 11 is 0. The average Bonchev–Trinajstić information content (AvgIpc) is 3.38. The first-order valence-corrected chi connectivity index (χ1v) is 10.4. The zero-order valence-corrected chi connectivity index (χ0v) is 16.6. The third-order valence-corrected chi connectivity index (χ3v) is 5.70. The smallest absolute Gasteiger partial charge is 0.291 e. The van der Waals surface area contributed by atoms with Gasteiger partial charge in [0.25, 0.3) is 5.91 Å². The number of piperidine rings is 1. The Morgan fingerprint density at radius 2 is 1.86 bits per heavy atom. The van der Waals surface area contributed by atoms with Crippen molar-refractivity contribution in [2.45, 2.75) is 38.7 Å². The highest BCUT2D eigenvalue weighted by Crippen LogP contribution is 2.24. The van der Waals surface area contributed by atoms with Gasteiger partial charge >= 0.3 is 0 Å². The van der Waals surface area contributed by atoms with Crippen LogP contribution in [0.3, 0.4) is 0 Å². The van der Waals surface area contributed by atoms with E-state index in [4.69, 9.17) is 9.15 Å². The van der Waals surface area contributed by atoms with Gasteiger partial charge in [0.2, 0.25) is 11.7 Å². The summed E-state index contributed by atoms with van der Waals surface area (Å²) in [6, 6.07) is 9.69. The highest BCUT2D eigenvalue weighted by Gasteiger charge is 2.28.